The molecule has 0 saturated heterocycles. The second-order valence-corrected chi connectivity index (χ2v) is 7.61. The Balaban J connectivity index is 1.77. The van der Waals surface area contributed by atoms with Gasteiger partial charge in [-0.1, -0.05) is 18.2 Å². The molecule has 0 amide bonds. The summed E-state index contributed by atoms with van der Waals surface area (Å²) in [5.74, 6) is 0.632. The van der Waals surface area contributed by atoms with Gasteiger partial charge in [0.1, 0.15) is 0 Å². The summed E-state index contributed by atoms with van der Waals surface area (Å²) >= 11 is 0. The summed E-state index contributed by atoms with van der Waals surface area (Å²) in [6, 6.07) is 21.2. The van der Waals surface area contributed by atoms with Crippen molar-refractivity contribution in [1.29, 1.82) is 0 Å². The van der Waals surface area contributed by atoms with Crippen molar-refractivity contribution in [3.05, 3.63) is 90.5 Å². The van der Waals surface area contributed by atoms with Crippen LogP contribution in [-0.4, -0.2) is 29.8 Å². The molecule has 4 aromatic heterocycles. The zero-order chi connectivity index (χ0) is 22.1. The summed E-state index contributed by atoms with van der Waals surface area (Å²) in [6.45, 7) is 1.79. The average molecular weight is 422 g/mol. The predicted octanol–water partition coefficient (Wildman–Crippen LogP) is 4.06. The van der Waals surface area contributed by atoms with E-state index in [1.54, 1.807) is 16.9 Å². The molecule has 158 valence electrons. The molecule has 7 heteroatoms. The van der Waals surface area contributed by atoms with E-state index in [1.165, 1.54) is 0 Å². The van der Waals surface area contributed by atoms with Crippen molar-refractivity contribution in [3.63, 3.8) is 0 Å². The van der Waals surface area contributed by atoms with Crippen molar-refractivity contribution in [1.82, 2.24) is 24.7 Å². The molecule has 3 N–H and O–H groups in total. The van der Waals surface area contributed by atoms with Crippen LogP contribution in [-0.2, 0) is 6.61 Å². The third-order valence-corrected chi connectivity index (χ3v) is 5.33. The second-order valence-electron chi connectivity index (χ2n) is 7.61. The van der Waals surface area contributed by atoms with Crippen LogP contribution in [0.2, 0.25) is 0 Å². The Morgan fingerprint density at radius 2 is 1.81 bits per heavy atom. The Bertz CT molecular complexity index is 1390. The first-order valence-electron chi connectivity index (χ1n) is 10.4. The zero-order valence-electron chi connectivity index (χ0n) is 17.6. The van der Waals surface area contributed by atoms with E-state index in [1.807, 2.05) is 61.7 Å². The number of hydrogen-bond donors (Lipinski definition) is 2. The predicted molar refractivity (Wildman–Crippen MR) is 124 cm³/mol. The van der Waals surface area contributed by atoms with Gasteiger partial charge in [-0.05, 0) is 55.5 Å². The van der Waals surface area contributed by atoms with Crippen molar-refractivity contribution in [3.8, 4) is 28.3 Å². The lowest BCUT2D eigenvalue weighted by molar-refractivity contribution is 0.276. The van der Waals surface area contributed by atoms with Gasteiger partial charge in [0.05, 0.1) is 41.1 Å². The maximum Gasteiger partial charge on any atom is 0.154 e. The van der Waals surface area contributed by atoms with E-state index in [9.17, 15) is 5.11 Å². The van der Waals surface area contributed by atoms with Crippen molar-refractivity contribution in [2.24, 2.45) is 5.73 Å². The molecule has 0 fully saturated rings. The monoisotopic (exact) mass is 422 g/mol. The van der Waals surface area contributed by atoms with Crippen LogP contribution in [0.25, 0.3) is 39.2 Å². The first kappa shape index (κ1) is 20.0. The maximum atomic E-state index is 9.51. The number of rotatable bonds is 5. The maximum absolute atomic E-state index is 9.51. The zero-order valence-corrected chi connectivity index (χ0v) is 17.6. The quantitative estimate of drug-likeness (QED) is 0.443. The van der Waals surface area contributed by atoms with Gasteiger partial charge in [0, 0.05) is 28.8 Å². The fraction of sp³-hybridized carbons (Fsp3) is 0.120. The van der Waals surface area contributed by atoms with Crippen LogP contribution in [0.15, 0.2) is 79.1 Å². The molecule has 0 aliphatic carbocycles. The highest BCUT2D eigenvalue weighted by Gasteiger charge is 2.16. The van der Waals surface area contributed by atoms with E-state index in [2.05, 4.69) is 27.2 Å². The molecule has 0 bridgehead atoms. The number of benzene rings is 1. The number of aromatic nitrogens is 5. The van der Waals surface area contributed by atoms with Gasteiger partial charge in [0.2, 0.25) is 0 Å². The van der Waals surface area contributed by atoms with Crippen LogP contribution in [0.1, 0.15) is 24.4 Å². The minimum Gasteiger partial charge on any atom is -0.390 e. The van der Waals surface area contributed by atoms with Crippen LogP contribution < -0.4 is 5.73 Å². The van der Waals surface area contributed by atoms with Crippen molar-refractivity contribution in [2.75, 3.05) is 0 Å². The van der Waals surface area contributed by atoms with Gasteiger partial charge < -0.3 is 10.8 Å². The lowest BCUT2D eigenvalue weighted by Crippen LogP contribution is -2.07. The lowest BCUT2D eigenvalue weighted by Gasteiger charge is -2.11. The molecule has 4 heterocycles. The smallest absolute Gasteiger partial charge is 0.154 e. The molecule has 1 atom stereocenters. The first-order valence-corrected chi connectivity index (χ1v) is 10.4. The Morgan fingerprint density at radius 3 is 2.59 bits per heavy atom. The van der Waals surface area contributed by atoms with Gasteiger partial charge in [-0.3, -0.25) is 9.97 Å². The highest BCUT2D eigenvalue weighted by atomic mass is 16.3. The Hall–Kier alpha value is -3.94. The van der Waals surface area contributed by atoms with E-state index >= 15 is 0 Å². The summed E-state index contributed by atoms with van der Waals surface area (Å²) in [5.41, 5.74) is 11.9. The number of pyridine rings is 3. The Kier molecular flexibility index (Phi) is 5.18. The molecule has 5 rings (SSSR count). The molecular formula is C25H22N6O. The molecule has 1 aromatic carbocycles. The minimum absolute atomic E-state index is 0.133. The van der Waals surface area contributed by atoms with Gasteiger partial charge in [-0.2, -0.15) is 5.10 Å². The third kappa shape index (κ3) is 3.64. The Labute approximate surface area is 185 Å². The van der Waals surface area contributed by atoms with Crippen molar-refractivity contribution >= 4 is 10.9 Å². The van der Waals surface area contributed by atoms with E-state index in [0.717, 1.165) is 39.1 Å². The number of aliphatic hydroxyl groups is 1. The molecule has 5 aromatic rings. The summed E-state index contributed by atoms with van der Waals surface area (Å²) < 4.78 is 1.78. The number of nitrogens with zero attached hydrogens (tertiary/aromatic N) is 5. The summed E-state index contributed by atoms with van der Waals surface area (Å²) in [4.78, 5) is 13.9. The molecule has 0 saturated carbocycles. The SMILES string of the molecule is C[C@H](N)c1cccc(-c2cc(-c3ccccn3)c3cnn(-c4cccc(CO)n4)c3c2)n1. The minimum atomic E-state index is -0.162. The number of aliphatic hydroxyl groups excluding tert-OH is 1. The molecule has 0 unspecified atom stereocenters. The highest BCUT2D eigenvalue weighted by molar-refractivity contribution is 5.97. The molecule has 32 heavy (non-hydrogen) atoms. The van der Waals surface area contributed by atoms with Crippen LogP contribution in [0.4, 0.5) is 0 Å². The second kappa shape index (κ2) is 8.30. The van der Waals surface area contributed by atoms with Gasteiger partial charge in [0.25, 0.3) is 0 Å². The summed E-state index contributed by atoms with van der Waals surface area (Å²) in [5, 5.41) is 15.1. The van der Waals surface area contributed by atoms with Gasteiger partial charge in [-0.25, -0.2) is 9.67 Å². The molecular weight excluding hydrogens is 400 g/mol. The van der Waals surface area contributed by atoms with E-state index in [-0.39, 0.29) is 12.6 Å². The van der Waals surface area contributed by atoms with E-state index in [4.69, 9.17) is 10.7 Å². The van der Waals surface area contributed by atoms with Crippen molar-refractivity contribution < 1.29 is 5.11 Å². The van der Waals surface area contributed by atoms with Gasteiger partial charge >= 0.3 is 0 Å². The molecule has 0 spiro atoms. The van der Waals surface area contributed by atoms with Crippen LogP contribution in [0.5, 0.6) is 0 Å². The van der Waals surface area contributed by atoms with Gasteiger partial charge in [-0.15, -0.1) is 0 Å². The summed E-state index contributed by atoms with van der Waals surface area (Å²) in [7, 11) is 0. The van der Waals surface area contributed by atoms with Crippen molar-refractivity contribution in [2.45, 2.75) is 19.6 Å². The molecule has 7 nitrogen and oxygen atoms in total. The van der Waals surface area contributed by atoms with Crippen LogP contribution in [0.3, 0.4) is 0 Å². The standard InChI is InChI=1S/C25H22N6O/c1-16(26)21-8-5-9-22(30-21)17-12-19(23-7-2-3-11-27-23)20-14-28-31(24(20)13-17)25-10-4-6-18(15-32)29-25/h2-14,16,32H,15,26H2,1H3/t16-/m0/s1. The normalized spacial score (nSPS) is 12.2. The molecule has 0 aliphatic rings. The third-order valence-electron chi connectivity index (χ3n) is 5.33. The fourth-order valence-corrected chi connectivity index (χ4v) is 3.73. The topological polar surface area (TPSA) is 103 Å². The largest absolute Gasteiger partial charge is 0.390 e. The Morgan fingerprint density at radius 1 is 0.969 bits per heavy atom. The van der Waals surface area contributed by atoms with E-state index in [0.29, 0.717) is 11.5 Å². The molecule has 0 aliphatic heterocycles. The molecule has 0 radical (unpaired) electrons. The average Bonchev–Trinajstić information content (AvgIpc) is 3.28. The fourth-order valence-electron chi connectivity index (χ4n) is 3.73. The number of hydrogen-bond acceptors (Lipinski definition) is 6. The van der Waals surface area contributed by atoms with Gasteiger partial charge in [0.15, 0.2) is 5.82 Å². The first-order chi connectivity index (χ1) is 15.6. The van der Waals surface area contributed by atoms with E-state index < -0.39 is 0 Å². The number of fused-ring (bicyclic) bond motifs is 1. The van der Waals surface area contributed by atoms with Crippen LogP contribution in [0, 0.1) is 0 Å². The van der Waals surface area contributed by atoms with Crippen LogP contribution >= 0.6 is 0 Å². The number of nitrogens with two attached hydrogens (primary N) is 1. The highest BCUT2D eigenvalue weighted by Crippen LogP contribution is 2.33. The summed E-state index contributed by atoms with van der Waals surface area (Å²) in [6.07, 6.45) is 3.60. The lowest BCUT2D eigenvalue weighted by atomic mass is 10.0.